The number of hydrogen-bond acceptors (Lipinski definition) is 4. The number of likely N-dealkylation sites (tertiary alicyclic amines) is 1. The molecule has 110 valence electrons. The van der Waals surface area contributed by atoms with Crippen LogP contribution in [0.15, 0.2) is 0 Å². The van der Waals surface area contributed by atoms with Gasteiger partial charge >= 0.3 is 0 Å². The highest BCUT2D eigenvalue weighted by Gasteiger charge is 2.47. The molecule has 1 spiro atoms. The molecule has 2 saturated heterocycles. The zero-order chi connectivity index (χ0) is 13.5. The summed E-state index contributed by atoms with van der Waals surface area (Å²) >= 11 is 0. The van der Waals surface area contributed by atoms with Gasteiger partial charge in [-0.05, 0) is 25.3 Å². The summed E-state index contributed by atoms with van der Waals surface area (Å²) in [5.41, 5.74) is 0. The minimum atomic E-state index is -0.271. The van der Waals surface area contributed by atoms with Gasteiger partial charge < -0.3 is 14.8 Å². The average molecular weight is 268 g/mol. The number of hydrogen-bond donors (Lipinski definition) is 1. The van der Waals surface area contributed by atoms with Crippen LogP contribution >= 0.6 is 0 Å². The molecule has 1 saturated carbocycles. The van der Waals surface area contributed by atoms with Gasteiger partial charge in [0.05, 0.1) is 13.2 Å². The number of nitrogens with one attached hydrogen (secondary N) is 1. The molecule has 4 unspecified atom stereocenters. The van der Waals surface area contributed by atoms with E-state index in [-0.39, 0.29) is 5.79 Å². The fraction of sp³-hybridized carbons (Fsp3) is 1.00. The number of nitrogens with zero attached hydrogens (tertiary/aromatic N) is 1. The summed E-state index contributed by atoms with van der Waals surface area (Å²) in [6.07, 6.45) is 3.21. The highest BCUT2D eigenvalue weighted by Crippen LogP contribution is 2.39. The molecular formula is C15H28N2O2. The molecule has 0 aromatic carbocycles. The van der Waals surface area contributed by atoms with Crippen molar-refractivity contribution in [2.45, 2.75) is 51.0 Å². The molecule has 0 aromatic heterocycles. The van der Waals surface area contributed by atoms with Crippen molar-refractivity contribution in [2.75, 3.05) is 33.4 Å². The Balaban J connectivity index is 1.72. The van der Waals surface area contributed by atoms with Crippen LogP contribution in [0.1, 0.15) is 33.1 Å². The zero-order valence-corrected chi connectivity index (χ0v) is 12.5. The normalized spacial score (nSPS) is 43.1. The van der Waals surface area contributed by atoms with E-state index in [1.165, 1.54) is 13.1 Å². The van der Waals surface area contributed by atoms with E-state index in [1.807, 2.05) is 0 Å². The van der Waals surface area contributed by atoms with Gasteiger partial charge in [-0.25, -0.2) is 0 Å². The maximum absolute atomic E-state index is 5.94. The van der Waals surface area contributed by atoms with Crippen LogP contribution in [-0.2, 0) is 9.47 Å². The predicted molar refractivity (Wildman–Crippen MR) is 75.0 cm³/mol. The molecular weight excluding hydrogens is 240 g/mol. The average Bonchev–Trinajstić information content (AvgIpc) is 2.98. The summed E-state index contributed by atoms with van der Waals surface area (Å²) in [6.45, 7) is 8.73. The van der Waals surface area contributed by atoms with Gasteiger partial charge in [-0.1, -0.05) is 13.8 Å². The number of ether oxygens (including phenoxy) is 2. The fourth-order valence-electron chi connectivity index (χ4n) is 4.06. The molecule has 4 nitrogen and oxygen atoms in total. The molecule has 4 heteroatoms. The van der Waals surface area contributed by atoms with Crippen LogP contribution in [-0.4, -0.2) is 56.1 Å². The van der Waals surface area contributed by atoms with Gasteiger partial charge in [0.1, 0.15) is 0 Å². The lowest BCUT2D eigenvalue weighted by molar-refractivity contribution is -0.192. The Hall–Kier alpha value is -0.160. The summed E-state index contributed by atoms with van der Waals surface area (Å²) in [5.74, 6) is 1.34. The quantitative estimate of drug-likeness (QED) is 0.822. The Morgan fingerprint density at radius 2 is 1.74 bits per heavy atom. The molecule has 2 aliphatic heterocycles. The van der Waals surface area contributed by atoms with Crippen molar-refractivity contribution in [1.29, 1.82) is 0 Å². The monoisotopic (exact) mass is 268 g/mol. The molecule has 0 amide bonds. The lowest BCUT2D eigenvalue weighted by Gasteiger charge is -2.44. The second-order valence-corrected chi connectivity index (χ2v) is 6.72. The van der Waals surface area contributed by atoms with E-state index in [1.54, 1.807) is 0 Å². The smallest absolute Gasteiger partial charge is 0.170 e. The van der Waals surface area contributed by atoms with Gasteiger partial charge in [-0.3, -0.25) is 4.90 Å². The molecule has 3 rings (SSSR count). The summed E-state index contributed by atoms with van der Waals surface area (Å²) < 4.78 is 11.9. The Bertz CT molecular complexity index is 307. The third-order valence-corrected chi connectivity index (χ3v) is 5.49. The van der Waals surface area contributed by atoms with Crippen molar-refractivity contribution in [3.63, 3.8) is 0 Å². The molecule has 1 aliphatic carbocycles. The summed E-state index contributed by atoms with van der Waals surface area (Å²) in [6, 6.07) is 1.14. The summed E-state index contributed by atoms with van der Waals surface area (Å²) in [7, 11) is 2.09. The first-order valence-electron chi connectivity index (χ1n) is 7.83. The van der Waals surface area contributed by atoms with Crippen LogP contribution in [0.5, 0.6) is 0 Å². The minimum Gasteiger partial charge on any atom is -0.347 e. The van der Waals surface area contributed by atoms with Crippen molar-refractivity contribution >= 4 is 0 Å². The van der Waals surface area contributed by atoms with Crippen LogP contribution in [0, 0.1) is 11.8 Å². The summed E-state index contributed by atoms with van der Waals surface area (Å²) in [5, 5.41) is 3.51. The minimum absolute atomic E-state index is 0.271. The predicted octanol–water partition coefficient (Wildman–Crippen LogP) is 1.46. The number of rotatable bonds is 2. The van der Waals surface area contributed by atoms with Crippen molar-refractivity contribution in [2.24, 2.45) is 11.8 Å². The Kier molecular flexibility index (Phi) is 3.87. The Labute approximate surface area is 116 Å². The van der Waals surface area contributed by atoms with E-state index in [0.29, 0.717) is 12.1 Å². The molecule has 3 aliphatic rings. The van der Waals surface area contributed by atoms with E-state index in [9.17, 15) is 0 Å². The molecule has 2 heterocycles. The van der Waals surface area contributed by atoms with Crippen molar-refractivity contribution in [1.82, 2.24) is 10.2 Å². The van der Waals surface area contributed by atoms with Gasteiger partial charge in [-0.2, -0.15) is 0 Å². The van der Waals surface area contributed by atoms with E-state index >= 15 is 0 Å². The van der Waals surface area contributed by atoms with E-state index < -0.39 is 0 Å². The van der Waals surface area contributed by atoms with Crippen molar-refractivity contribution in [3.8, 4) is 0 Å². The maximum Gasteiger partial charge on any atom is 0.170 e. The van der Waals surface area contributed by atoms with E-state index in [0.717, 1.165) is 44.3 Å². The van der Waals surface area contributed by atoms with Crippen molar-refractivity contribution < 1.29 is 9.47 Å². The molecule has 1 N–H and O–H groups in total. The SMILES string of the molecule is CNC1CCC2(CC1N1CC(C)C(C)C1)OCCO2. The highest BCUT2D eigenvalue weighted by molar-refractivity contribution is 4.98. The molecule has 0 radical (unpaired) electrons. The Morgan fingerprint density at radius 3 is 2.32 bits per heavy atom. The zero-order valence-electron chi connectivity index (χ0n) is 12.5. The van der Waals surface area contributed by atoms with Gasteiger partial charge in [0, 0.05) is 38.0 Å². The molecule has 19 heavy (non-hydrogen) atoms. The van der Waals surface area contributed by atoms with Gasteiger partial charge in [0.15, 0.2) is 5.79 Å². The van der Waals surface area contributed by atoms with Crippen LogP contribution in [0.3, 0.4) is 0 Å². The lowest BCUT2D eigenvalue weighted by Crippen LogP contribution is -2.56. The fourth-order valence-corrected chi connectivity index (χ4v) is 4.06. The topological polar surface area (TPSA) is 33.7 Å². The third-order valence-electron chi connectivity index (χ3n) is 5.49. The van der Waals surface area contributed by atoms with Crippen LogP contribution in [0.4, 0.5) is 0 Å². The van der Waals surface area contributed by atoms with Crippen LogP contribution < -0.4 is 5.32 Å². The molecule has 0 aromatic rings. The second kappa shape index (κ2) is 5.32. The van der Waals surface area contributed by atoms with E-state index in [4.69, 9.17) is 9.47 Å². The standard InChI is InChI=1S/C15H28N2O2/c1-11-9-17(10-12(11)2)14-8-15(18-6-7-19-15)5-4-13(14)16-3/h11-14,16H,4-10H2,1-3H3. The van der Waals surface area contributed by atoms with Gasteiger partial charge in [-0.15, -0.1) is 0 Å². The van der Waals surface area contributed by atoms with Gasteiger partial charge in [0.2, 0.25) is 0 Å². The highest BCUT2D eigenvalue weighted by atomic mass is 16.7. The molecule has 3 fully saturated rings. The van der Waals surface area contributed by atoms with Gasteiger partial charge in [0.25, 0.3) is 0 Å². The first kappa shape index (κ1) is 13.8. The number of likely N-dealkylation sites (N-methyl/N-ethyl adjacent to an activating group) is 1. The van der Waals surface area contributed by atoms with Crippen LogP contribution in [0.25, 0.3) is 0 Å². The maximum atomic E-state index is 5.94. The third kappa shape index (κ3) is 2.56. The van der Waals surface area contributed by atoms with E-state index in [2.05, 4.69) is 31.1 Å². The Morgan fingerprint density at radius 1 is 1.11 bits per heavy atom. The first-order chi connectivity index (χ1) is 9.13. The first-order valence-corrected chi connectivity index (χ1v) is 7.83. The van der Waals surface area contributed by atoms with Crippen molar-refractivity contribution in [3.05, 3.63) is 0 Å². The summed E-state index contributed by atoms with van der Waals surface area (Å²) in [4.78, 5) is 2.67. The lowest BCUT2D eigenvalue weighted by atomic mass is 9.84. The largest absolute Gasteiger partial charge is 0.347 e. The molecule has 4 atom stereocenters. The van der Waals surface area contributed by atoms with Crippen LogP contribution in [0.2, 0.25) is 0 Å². The molecule has 0 bridgehead atoms. The second-order valence-electron chi connectivity index (χ2n) is 6.72.